The van der Waals surface area contributed by atoms with Gasteiger partial charge in [0.15, 0.2) is 0 Å². The standard InChI is InChI=1S/C6H9N3/c1-5-3-8-6(7-2)9-4-5/h3-4H,1-2H3,(H,7,8,9). The van der Waals surface area contributed by atoms with Gasteiger partial charge in [-0.3, -0.25) is 0 Å². The maximum atomic E-state index is 3.97. The molecule has 0 bridgehead atoms. The third-order valence-corrected chi connectivity index (χ3v) is 1.00. The van der Waals surface area contributed by atoms with E-state index in [0.717, 1.165) is 5.56 Å². The van der Waals surface area contributed by atoms with Crippen LogP contribution in [-0.4, -0.2) is 17.0 Å². The predicted octanol–water partition coefficient (Wildman–Crippen LogP) is 0.827. The number of hydrogen-bond donors (Lipinski definition) is 1. The van der Waals surface area contributed by atoms with Crippen molar-refractivity contribution < 1.29 is 0 Å². The summed E-state index contributed by atoms with van der Waals surface area (Å²) in [6.07, 6.45) is 3.55. The Hall–Kier alpha value is -1.12. The molecule has 0 aliphatic heterocycles. The Balaban J connectivity index is 2.88. The fourth-order valence-corrected chi connectivity index (χ4v) is 0.522. The molecule has 1 N–H and O–H groups in total. The summed E-state index contributed by atoms with van der Waals surface area (Å²) >= 11 is 0. The maximum absolute atomic E-state index is 3.97. The van der Waals surface area contributed by atoms with Gasteiger partial charge in [-0.15, -0.1) is 0 Å². The van der Waals surface area contributed by atoms with Crippen LogP contribution in [0.3, 0.4) is 0 Å². The Morgan fingerprint density at radius 3 is 2.33 bits per heavy atom. The third kappa shape index (κ3) is 1.38. The van der Waals surface area contributed by atoms with Crippen LogP contribution in [0.15, 0.2) is 12.4 Å². The van der Waals surface area contributed by atoms with Crippen molar-refractivity contribution in [2.24, 2.45) is 0 Å². The van der Waals surface area contributed by atoms with Crippen LogP contribution >= 0.6 is 0 Å². The minimum Gasteiger partial charge on any atom is -0.357 e. The molecule has 3 heteroatoms. The fraction of sp³-hybridized carbons (Fsp3) is 0.333. The zero-order valence-corrected chi connectivity index (χ0v) is 5.55. The van der Waals surface area contributed by atoms with Crippen LogP contribution in [0.4, 0.5) is 5.95 Å². The molecule has 0 aliphatic carbocycles. The first-order chi connectivity index (χ1) is 4.33. The van der Waals surface area contributed by atoms with E-state index >= 15 is 0 Å². The van der Waals surface area contributed by atoms with Crippen molar-refractivity contribution in [1.82, 2.24) is 9.97 Å². The van der Waals surface area contributed by atoms with E-state index in [1.54, 1.807) is 19.4 Å². The van der Waals surface area contributed by atoms with Crippen LogP contribution in [-0.2, 0) is 0 Å². The molecule has 48 valence electrons. The first-order valence-corrected chi connectivity index (χ1v) is 2.79. The molecule has 3 nitrogen and oxygen atoms in total. The van der Waals surface area contributed by atoms with E-state index in [4.69, 9.17) is 0 Å². The first kappa shape index (κ1) is 6.01. The normalized spacial score (nSPS) is 9.11. The molecule has 0 unspecified atom stereocenters. The predicted molar refractivity (Wildman–Crippen MR) is 36.3 cm³/mol. The molecule has 0 aromatic carbocycles. The van der Waals surface area contributed by atoms with Crippen molar-refractivity contribution >= 4 is 5.95 Å². The minimum absolute atomic E-state index is 0.667. The molecule has 0 spiro atoms. The summed E-state index contributed by atoms with van der Waals surface area (Å²) in [5.74, 6) is 0.667. The number of rotatable bonds is 1. The zero-order chi connectivity index (χ0) is 6.69. The van der Waals surface area contributed by atoms with Crippen molar-refractivity contribution in [3.8, 4) is 0 Å². The number of nitrogens with zero attached hydrogens (tertiary/aromatic N) is 2. The summed E-state index contributed by atoms with van der Waals surface area (Å²) < 4.78 is 0. The molecule has 1 rings (SSSR count). The third-order valence-electron chi connectivity index (χ3n) is 1.00. The lowest BCUT2D eigenvalue weighted by atomic mass is 10.4. The Kier molecular flexibility index (Phi) is 1.63. The van der Waals surface area contributed by atoms with E-state index in [1.807, 2.05) is 6.92 Å². The van der Waals surface area contributed by atoms with Gasteiger partial charge in [0.25, 0.3) is 0 Å². The molecular formula is C6H9N3. The average molecular weight is 123 g/mol. The number of nitrogens with one attached hydrogen (secondary N) is 1. The van der Waals surface area contributed by atoms with Crippen LogP contribution in [0.5, 0.6) is 0 Å². The Morgan fingerprint density at radius 2 is 1.89 bits per heavy atom. The number of hydrogen-bond acceptors (Lipinski definition) is 3. The van der Waals surface area contributed by atoms with Gasteiger partial charge in [-0.2, -0.15) is 0 Å². The quantitative estimate of drug-likeness (QED) is 0.601. The second-order valence-corrected chi connectivity index (χ2v) is 1.83. The molecule has 0 atom stereocenters. The summed E-state index contributed by atoms with van der Waals surface area (Å²) in [7, 11) is 1.80. The molecule has 1 aromatic heterocycles. The number of aryl methyl sites for hydroxylation is 1. The van der Waals surface area contributed by atoms with Gasteiger partial charge < -0.3 is 5.32 Å². The first-order valence-electron chi connectivity index (χ1n) is 2.79. The summed E-state index contributed by atoms with van der Waals surface area (Å²) in [6.45, 7) is 1.96. The molecule has 1 heterocycles. The summed E-state index contributed by atoms with van der Waals surface area (Å²) in [6, 6.07) is 0. The Morgan fingerprint density at radius 1 is 1.33 bits per heavy atom. The molecule has 0 fully saturated rings. The van der Waals surface area contributed by atoms with Gasteiger partial charge in [0.2, 0.25) is 5.95 Å². The van der Waals surface area contributed by atoms with Crippen molar-refractivity contribution in [3.63, 3.8) is 0 Å². The van der Waals surface area contributed by atoms with Gasteiger partial charge in [0.1, 0.15) is 0 Å². The maximum Gasteiger partial charge on any atom is 0.222 e. The van der Waals surface area contributed by atoms with Gasteiger partial charge in [-0.05, 0) is 12.5 Å². The van der Waals surface area contributed by atoms with E-state index in [2.05, 4.69) is 15.3 Å². The van der Waals surface area contributed by atoms with Gasteiger partial charge in [0, 0.05) is 19.4 Å². The van der Waals surface area contributed by atoms with Crippen molar-refractivity contribution in [1.29, 1.82) is 0 Å². The van der Waals surface area contributed by atoms with E-state index in [9.17, 15) is 0 Å². The monoisotopic (exact) mass is 123 g/mol. The van der Waals surface area contributed by atoms with E-state index < -0.39 is 0 Å². The zero-order valence-electron chi connectivity index (χ0n) is 5.55. The highest BCUT2D eigenvalue weighted by Gasteiger charge is 1.86. The summed E-state index contributed by atoms with van der Waals surface area (Å²) in [4.78, 5) is 7.95. The molecule has 0 radical (unpaired) electrons. The molecule has 0 aliphatic rings. The van der Waals surface area contributed by atoms with Crippen molar-refractivity contribution in [2.45, 2.75) is 6.92 Å². The lowest BCUT2D eigenvalue weighted by Crippen LogP contribution is -1.94. The second kappa shape index (κ2) is 2.44. The van der Waals surface area contributed by atoms with Gasteiger partial charge >= 0.3 is 0 Å². The Labute approximate surface area is 54.2 Å². The number of anilines is 1. The molecule has 0 saturated heterocycles. The lowest BCUT2D eigenvalue weighted by molar-refractivity contribution is 1.12. The SMILES string of the molecule is CNc1ncc(C)cn1. The lowest BCUT2D eigenvalue weighted by Gasteiger charge is -1.94. The summed E-state index contributed by atoms with van der Waals surface area (Å²) in [5.41, 5.74) is 1.08. The smallest absolute Gasteiger partial charge is 0.222 e. The molecule has 1 aromatic rings. The highest BCUT2D eigenvalue weighted by atomic mass is 15.1. The molecule has 9 heavy (non-hydrogen) atoms. The summed E-state index contributed by atoms with van der Waals surface area (Å²) in [5, 5.41) is 2.83. The van der Waals surface area contributed by atoms with Crippen LogP contribution in [0, 0.1) is 6.92 Å². The van der Waals surface area contributed by atoms with E-state index in [0.29, 0.717) is 5.95 Å². The van der Waals surface area contributed by atoms with Crippen LogP contribution < -0.4 is 5.32 Å². The molecule has 0 saturated carbocycles. The number of aromatic nitrogens is 2. The average Bonchev–Trinajstić information content (AvgIpc) is 1.90. The largest absolute Gasteiger partial charge is 0.357 e. The van der Waals surface area contributed by atoms with Crippen molar-refractivity contribution in [2.75, 3.05) is 12.4 Å². The van der Waals surface area contributed by atoms with Gasteiger partial charge in [0.05, 0.1) is 0 Å². The van der Waals surface area contributed by atoms with Crippen LogP contribution in [0.1, 0.15) is 5.56 Å². The molecule has 0 amide bonds. The van der Waals surface area contributed by atoms with Crippen molar-refractivity contribution in [3.05, 3.63) is 18.0 Å². The highest BCUT2D eigenvalue weighted by molar-refractivity contribution is 5.22. The molecular weight excluding hydrogens is 114 g/mol. The fourth-order valence-electron chi connectivity index (χ4n) is 0.522. The highest BCUT2D eigenvalue weighted by Crippen LogP contribution is 1.95. The van der Waals surface area contributed by atoms with Crippen LogP contribution in [0.2, 0.25) is 0 Å². The van der Waals surface area contributed by atoms with Crippen LogP contribution in [0.25, 0.3) is 0 Å². The topological polar surface area (TPSA) is 37.8 Å². The minimum atomic E-state index is 0.667. The van der Waals surface area contributed by atoms with Gasteiger partial charge in [-0.25, -0.2) is 9.97 Å². The Bertz CT molecular complexity index is 180. The van der Waals surface area contributed by atoms with E-state index in [-0.39, 0.29) is 0 Å². The van der Waals surface area contributed by atoms with Gasteiger partial charge in [-0.1, -0.05) is 0 Å². The van der Waals surface area contributed by atoms with E-state index in [1.165, 1.54) is 0 Å². The second-order valence-electron chi connectivity index (χ2n) is 1.83.